The third-order valence-corrected chi connectivity index (χ3v) is 3.06. The summed E-state index contributed by atoms with van der Waals surface area (Å²) in [5, 5.41) is 12.4. The molecule has 4 heteroatoms. The SMILES string of the molecule is CC1CN=C(N2CCC(CO)CC2)N1. The van der Waals surface area contributed by atoms with Crippen LogP contribution in [0.15, 0.2) is 4.99 Å². The van der Waals surface area contributed by atoms with Gasteiger partial charge in [0.05, 0.1) is 6.54 Å². The van der Waals surface area contributed by atoms with E-state index >= 15 is 0 Å². The number of aliphatic hydroxyl groups is 1. The molecule has 4 nitrogen and oxygen atoms in total. The van der Waals surface area contributed by atoms with Gasteiger partial charge in [0, 0.05) is 25.7 Å². The van der Waals surface area contributed by atoms with E-state index in [0.29, 0.717) is 18.6 Å². The van der Waals surface area contributed by atoms with Crippen LogP contribution in [-0.4, -0.2) is 48.2 Å². The first-order valence-corrected chi connectivity index (χ1v) is 5.46. The van der Waals surface area contributed by atoms with Gasteiger partial charge in [-0.05, 0) is 25.7 Å². The maximum atomic E-state index is 9.02. The molecule has 0 aliphatic carbocycles. The molecular formula is C10H19N3O. The van der Waals surface area contributed by atoms with Gasteiger partial charge in [-0.1, -0.05) is 0 Å². The molecule has 2 N–H and O–H groups in total. The molecule has 80 valence electrons. The van der Waals surface area contributed by atoms with E-state index in [4.69, 9.17) is 5.11 Å². The van der Waals surface area contributed by atoms with Crippen molar-refractivity contribution in [2.24, 2.45) is 10.9 Å². The molecule has 2 aliphatic heterocycles. The number of rotatable bonds is 1. The highest BCUT2D eigenvalue weighted by atomic mass is 16.3. The zero-order valence-electron chi connectivity index (χ0n) is 8.74. The van der Waals surface area contributed by atoms with Crippen LogP contribution in [-0.2, 0) is 0 Å². The number of hydrogen-bond acceptors (Lipinski definition) is 4. The Labute approximate surface area is 85.0 Å². The van der Waals surface area contributed by atoms with Crippen LogP contribution >= 0.6 is 0 Å². The third kappa shape index (κ3) is 2.00. The molecular weight excluding hydrogens is 178 g/mol. The third-order valence-electron chi connectivity index (χ3n) is 3.06. The van der Waals surface area contributed by atoms with Crippen molar-refractivity contribution in [2.75, 3.05) is 26.2 Å². The molecule has 1 unspecified atom stereocenters. The van der Waals surface area contributed by atoms with E-state index in [-0.39, 0.29) is 0 Å². The van der Waals surface area contributed by atoms with Crippen molar-refractivity contribution < 1.29 is 5.11 Å². The highest BCUT2D eigenvalue weighted by molar-refractivity contribution is 5.81. The predicted octanol–water partition coefficient (Wildman–Crippen LogP) is 0.0384. The molecule has 0 aromatic carbocycles. The predicted molar refractivity (Wildman–Crippen MR) is 56.3 cm³/mol. The first kappa shape index (κ1) is 9.77. The Morgan fingerprint density at radius 1 is 1.50 bits per heavy atom. The van der Waals surface area contributed by atoms with Crippen molar-refractivity contribution in [3.05, 3.63) is 0 Å². The highest BCUT2D eigenvalue weighted by Crippen LogP contribution is 2.17. The maximum Gasteiger partial charge on any atom is 0.194 e. The van der Waals surface area contributed by atoms with Gasteiger partial charge in [-0.15, -0.1) is 0 Å². The normalized spacial score (nSPS) is 28.9. The van der Waals surface area contributed by atoms with Crippen LogP contribution in [0.4, 0.5) is 0 Å². The van der Waals surface area contributed by atoms with E-state index in [1.54, 1.807) is 0 Å². The van der Waals surface area contributed by atoms with Crippen molar-refractivity contribution in [2.45, 2.75) is 25.8 Å². The van der Waals surface area contributed by atoms with Gasteiger partial charge < -0.3 is 15.3 Å². The summed E-state index contributed by atoms with van der Waals surface area (Å²) >= 11 is 0. The van der Waals surface area contributed by atoms with Gasteiger partial charge in [0.1, 0.15) is 0 Å². The fourth-order valence-corrected chi connectivity index (χ4v) is 2.05. The average molecular weight is 197 g/mol. The second kappa shape index (κ2) is 4.17. The van der Waals surface area contributed by atoms with Gasteiger partial charge in [0.2, 0.25) is 0 Å². The summed E-state index contributed by atoms with van der Waals surface area (Å²) in [6.45, 7) is 5.45. The van der Waals surface area contributed by atoms with E-state index < -0.39 is 0 Å². The van der Waals surface area contributed by atoms with Crippen molar-refractivity contribution in [3.63, 3.8) is 0 Å². The number of nitrogens with zero attached hydrogens (tertiary/aromatic N) is 2. The van der Waals surface area contributed by atoms with Crippen molar-refractivity contribution in [1.29, 1.82) is 0 Å². The molecule has 1 fully saturated rings. The Morgan fingerprint density at radius 2 is 2.21 bits per heavy atom. The summed E-state index contributed by atoms with van der Waals surface area (Å²) in [6, 6.07) is 0.487. The van der Waals surface area contributed by atoms with Crippen LogP contribution in [0.1, 0.15) is 19.8 Å². The zero-order valence-corrected chi connectivity index (χ0v) is 8.74. The monoisotopic (exact) mass is 197 g/mol. The lowest BCUT2D eigenvalue weighted by molar-refractivity contribution is 0.165. The largest absolute Gasteiger partial charge is 0.396 e. The quantitative estimate of drug-likeness (QED) is 0.624. The standard InChI is InChI=1S/C10H19N3O/c1-8-6-11-10(12-8)13-4-2-9(7-14)3-5-13/h8-9,14H,2-7H2,1H3,(H,11,12). The highest BCUT2D eigenvalue weighted by Gasteiger charge is 2.23. The minimum absolute atomic E-state index is 0.337. The maximum absolute atomic E-state index is 9.02. The summed E-state index contributed by atoms with van der Waals surface area (Å²) in [6.07, 6.45) is 2.18. The molecule has 0 saturated carbocycles. The summed E-state index contributed by atoms with van der Waals surface area (Å²) in [5.74, 6) is 1.57. The Balaban J connectivity index is 1.84. The Bertz CT molecular complexity index is 221. The van der Waals surface area contributed by atoms with Gasteiger partial charge in [-0.2, -0.15) is 0 Å². The number of nitrogens with one attached hydrogen (secondary N) is 1. The second-order valence-electron chi connectivity index (χ2n) is 4.32. The topological polar surface area (TPSA) is 47.9 Å². The zero-order chi connectivity index (χ0) is 9.97. The molecule has 0 aromatic rings. The lowest BCUT2D eigenvalue weighted by Gasteiger charge is -2.32. The Morgan fingerprint density at radius 3 is 2.71 bits per heavy atom. The first-order valence-electron chi connectivity index (χ1n) is 5.46. The van der Waals surface area contributed by atoms with Crippen LogP contribution in [0.3, 0.4) is 0 Å². The Hall–Kier alpha value is -0.770. The fraction of sp³-hybridized carbons (Fsp3) is 0.900. The average Bonchev–Trinajstić information content (AvgIpc) is 2.65. The molecule has 14 heavy (non-hydrogen) atoms. The minimum atomic E-state index is 0.337. The van der Waals surface area contributed by atoms with Crippen LogP contribution in [0, 0.1) is 5.92 Å². The van der Waals surface area contributed by atoms with Crippen LogP contribution in [0.2, 0.25) is 0 Å². The van der Waals surface area contributed by atoms with Crippen LogP contribution in [0.25, 0.3) is 0 Å². The molecule has 2 rings (SSSR count). The first-order chi connectivity index (χ1) is 6.79. The van der Waals surface area contributed by atoms with E-state index in [1.807, 2.05) is 0 Å². The van der Waals surface area contributed by atoms with E-state index in [9.17, 15) is 0 Å². The number of piperidine rings is 1. The molecule has 0 radical (unpaired) electrons. The second-order valence-corrected chi connectivity index (χ2v) is 4.32. The van der Waals surface area contributed by atoms with Crippen LogP contribution < -0.4 is 5.32 Å². The number of likely N-dealkylation sites (tertiary alicyclic amines) is 1. The van der Waals surface area contributed by atoms with Gasteiger partial charge in [0.25, 0.3) is 0 Å². The number of aliphatic hydroxyl groups excluding tert-OH is 1. The fourth-order valence-electron chi connectivity index (χ4n) is 2.05. The number of guanidine groups is 1. The van der Waals surface area contributed by atoms with Crippen molar-refractivity contribution >= 4 is 5.96 Å². The van der Waals surface area contributed by atoms with Gasteiger partial charge in [-0.3, -0.25) is 4.99 Å². The van der Waals surface area contributed by atoms with E-state index in [0.717, 1.165) is 38.4 Å². The van der Waals surface area contributed by atoms with Gasteiger partial charge in [0.15, 0.2) is 5.96 Å². The number of hydrogen-bond donors (Lipinski definition) is 2. The van der Waals surface area contributed by atoms with Crippen LogP contribution in [0.5, 0.6) is 0 Å². The van der Waals surface area contributed by atoms with Gasteiger partial charge >= 0.3 is 0 Å². The molecule has 2 heterocycles. The lowest BCUT2D eigenvalue weighted by Crippen LogP contribution is -2.45. The molecule has 0 aromatic heterocycles. The lowest BCUT2D eigenvalue weighted by atomic mass is 9.98. The van der Waals surface area contributed by atoms with E-state index in [2.05, 4.69) is 22.1 Å². The van der Waals surface area contributed by atoms with Crippen molar-refractivity contribution in [1.82, 2.24) is 10.2 Å². The Kier molecular flexibility index (Phi) is 2.91. The summed E-state index contributed by atoms with van der Waals surface area (Å²) < 4.78 is 0. The minimum Gasteiger partial charge on any atom is -0.396 e. The molecule has 1 atom stereocenters. The molecule has 0 bridgehead atoms. The summed E-state index contributed by atoms with van der Waals surface area (Å²) in [5.41, 5.74) is 0. The molecule has 0 amide bonds. The smallest absolute Gasteiger partial charge is 0.194 e. The van der Waals surface area contributed by atoms with Crippen molar-refractivity contribution in [3.8, 4) is 0 Å². The summed E-state index contributed by atoms with van der Waals surface area (Å²) in [7, 11) is 0. The summed E-state index contributed by atoms with van der Waals surface area (Å²) in [4.78, 5) is 6.76. The van der Waals surface area contributed by atoms with E-state index in [1.165, 1.54) is 0 Å². The number of aliphatic imine (C=N–C) groups is 1. The molecule has 2 aliphatic rings. The molecule has 0 spiro atoms. The van der Waals surface area contributed by atoms with Gasteiger partial charge in [-0.25, -0.2) is 0 Å². The molecule has 1 saturated heterocycles.